The second-order valence-electron chi connectivity index (χ2n) is 1.22. The van der Waals surface area contributed by atoms with Crippen LogP contribution in [0.25, 0.3) is 0 Å². The van der Waals surface area contributed by atoms with E-state index in [1.165, 1.54) is 0 Å². The Balaban J connectivity index is 3.12. The zero-order chi connectivity index (χ0) is 5.28. The molecular weight excluding hydrogens is 158 g/mol. The van der Waals surface area contributed by atoms with Gasteiger partial charge in [0.05, 0.1) is 5.21 Å². The molecule has 1 rings (SSSR count). The van der Waals surface area contributed by atoms with E-state index in [2.05, 4.69) is 26.2 Å². The third kappa shape index (κ3) is 0.796. The number of nitrogens with one attached hydrogen (secondary N) is 1. The summed E-state index contributed by atoms with van der Waals surface area (Å²) in [7, 11) is 1.85. The molecule has 0 aromatic carbocycles. The molecule has 0 aliphatic rings. The number of H-pyrrole nitrogens is 1. The largest absolute Gasteiger partial charge is 0.232 e. The van der Waals surface area contributed by atoms with Gasteiger partial charge < -0.3 is 0 Å². The Morgan fingerprint density at radius 2 is 2.71 bits per heavy atom. The second kappa shape index (κ2) is 1.61. The van der Waals surface area contributed by atoms with Crippen molar-refractivity contribution in [3.05, 3.63) is 10.8 Å². The Morgan fingerprint density at radius 1 is 2.00 bits per heavy atom. The molecule has 0 saturated carbocycles. The van der Waals surface area contributed by atoms with Gasteiger partial charge >= 0.3 is 0 Å². The summed E-state index contributed by atoms with van der Waals surface area (Å²) in [6.07, 6.45) is 1.76. The summed E-state index contributed by atoms with van der Waals surface area (Å²) in [5.41, 5.74) is 0. The van der Waals surface area contributed by atoms with Gasteiger partial charge in [0.1, 0.15) is 7.05 Å². The maximum absolute atomic E-state index is 3.76. The lowest BCUT2D eigenvalue weighted by Crippen LogP contribution is -2.30. The number of hydrogen-bond donors (Lipinski definition) is 1. The zero-order valence-electron chi connectivity index (χ0n) is 3.85. The van der Waals surface area contributed by atoms with Gasteiger partial charge in [-0.2, -0.15) is 0 Å². The van der Waals surface area contributed by atoms with E-state index in [0.29, 0.717) is 0 Å². The fraction of sp³-hybridized carbons (Fsp3) is 0.333. The number of halogens is 1. The number of aromatic nitrogens is 3. The van der Waals surface area contributed by atoms with Gasteiger partial charge in [-0.3, -0.25) is 0 Å². The number of nitrogens with zero attached hydrogens (tertiary/aromatic N) is 2. The topological polar surface area (TPSA) is 32.6 Å². The molecule has 0 aliphatic carbocycles. The van der Waals surface area contributed by atoms with Crippen molar-refractivity contribution in [2.24, 2.45) is 7.05 Å². The lowest BCUT2D eigenvalue weighted by atomic mass is 10.9. The third-order valence-electron chi connectivity index (χ3n) is 0.701. The predicted octanol–water partition coefficient (Wildman–Crippen LogP) is -0.00330. The molecule has 1 aromatic rings. The average molecular weight is 163 g/mol. The highest BCUT2D eigenvalue weighted by atomic mass is 79.9. The van der Waals surface area contributed by atoms with Crippen molar-refractivity contribution in [2.75, 3.05) is 0 Å². The van der Waals surface area contributed by atoms with Crippen molar-refractivity contribution in [2.45, 2.75) is 0 Å². The Kier molecular flexibility index (Phi) is 1.10. The first-order valence-electron chi connectivity index (χ1n) is 1.86. The molecule has 0 spiro atoms. The van der Waals surface area contributed by atoms with Gasteiger partial charge in [0.2, 0.25) is 4.60 Å². The molecule has 7 heavy (non-hydrogen) atoms. The highest BCUT2D eigenvalue weighted by Crippen LogP contribution is 1.94. The second-order valence-corrected chi connectivity index (χ2v) is 2.03. The van der Waals surface area contributed by atoms with E-state index in [1.807, 2.05) is 7.05 Å². The quantitative estimate of drug-likeness (QED) is 0.536. The molecule has 0 radical (unpaired) electrons. The van der Waals surface area contributed by atoms with E-state index >= 15 is 0 Å². The van der Waals surface area contributed by atoms with Crippen LogP contribution in [0.4, 0.5) is 0 Å². The standard InChI is InChI=1S/C3H4BrN3/c1-7-3(4)2-5-6-7/h2H,1H3/p+1. The van der Waals surface area contributed by atoms with E-state index in [9.17, 15) is 0 Å². The van der Waals surface area contributed by atoms with Crippen molar-refractivity contribution >= 4 is 15.9 Å². The summed E-state index contributed by atoms with van der Waals surface area (Å²) in [6, 6.07) is 0. The summed E-state index contributed by atoms with van der Waals surface area (Å²) in [5, 5.41) is 6.42. The first-order valence-corrected chi connectivity index (χ1v) is 2.65. The van der Waals surface area contributed by atoms with Crippen LogP contribution in [-0.2, 0) is 7.05 Å². The predicted molar refractivity (Wildman–Crippen MR) is 27.5 cm³/mol. The van der Waals surface area contributed by atoms with Crippen LogP contribution < -0.4 is 4.68 Å². The molecular formula is C3H5BrN3+. The molecule has 0 aliphatic heterocycles. The minimum Gasteiger partial charge on any atom is -0.150 e. The summed E-state index contributed by atoms with van der Waals surface area (Å²) < 4.78 is 2.65. The number of aromatic amines is 1. The maximum atomic E-state index is 3.76. The Labute approximate surface area is 49.5 Å². The molecule has 0 fully saturated rings. The Bertz CT molecular complexity index is 142. The van der Waals surface area contributed by atoms with Gasteiger partial charge in [0.25, 0.3) is 0 Å². The first-order chi connectivity index (χ1) is 3.30. The van der Waals surface area contributed by atoms with Crippen LogP contribution >= 0.6 is 15.9 Å². The van der Waals surface area contributed by atoms with Gasteiger partial charge in [-0.15, -0.1) is 9.78 Å². The minimum atomic E-state index is 0.951. The number of aryl methyl sites for hydroxylation is 1. The minimum absolute atomic E-state index is 0.951. The summed E-state index contributed by atoms with van der Waals surface area (Å²) in [4.78, 5) is 0. The van der Waals surface area contributed by atoms with Crippen LogP contribution in [0.15, 0.2) is 10.8 Å². The van der Waals surface area contributed by atoms with Crippen LogP contribution in [0.1, 0.15) is 0 Å². The average Bonchev–Trinajstić information content (AvgIpc) is 1.91. The molecule has 0 unspecified atom stereocenters. The maximum Gasteiger partial charge on any atom is 0.232 e. The van der Waals surface area contributed by atoms with Crippen molar-refractivity contribution in [1.82, 2.24) is 10.3 Å². The zero-order valence-corrected chi connectivity index (χ0v) is 5.44. The van der Waals surface area contributed by atoms with E-state index in [0.717, 1.165) is 4.60 Å². The number of rotatable bonds is 0. The summed E-state index contributed by atoms with van der Waals surface area (Å²) in [6.45, 7) is 0. The van der Waals surface area contributed by atoms with Crippen LogP contribution in [0.5, 0.6) is 0 Å². The van der Waals surface area contributed by atoms with Gasteiger partial charge in [-0.05, 0) is 0 Å². The van der Waals surface area contributed by atoms with Crippen LogP contribution in [-0.4, -0.2) is 10.3 Å². The van der Waals surface area contributed by atoms with Gasteiger partial charge in [-0.1, -0.05) is 0 Å². The lowest BCUT2D eigenvalue weighted by molar-refractivity contribution is -0.740. The van der Waals surface area contributed by atoms with Crippen LogP contribution in [0.2, 0.25) is 0 Å². The SMILES string of the molecule is C[n+]1n[nH]cc1Br. The van der Waals surface area contributed by atoms with Gasteiger partial charge in [-0.25, -0.2) is 0 Å². The van der Waals surface area contributed by atoms with Crippen LogP contribution in [0.3, 0.4) is 0 Å². The summed E-state index contributed by atoms with van der Waals surface area (Å²) in [5.74, 6) is 0. The molecule has 4 heteroatoms. The normalized spacial score (nSPS) is 9.43. The third-order valence-corrected chi connectivity index (χ3v) is 1.44. The smallest absolute Gasteiger partial charge is 0.150 e. The van der Waals surface area contributed by atoms with Gasteiger partial charge in [0.15, 0.2) is 6.20 Å². The first kappa shape index (κ1) is 4.77. The molecule has 1 N–H and O–H groups in total. The van der Waals surface area contributed by atoms with Crippen LogP contribution in [0, 0.1) is 0 Å². The van der Waals surface area contributed by atoms with E-state index in [1.54, 1.807) is 10.9 Å². The van der Waals surface area contributed by atoms with E-state index in [4.69, 9.17) is 0 Å². The fourth-order valence-corrected chi connectivity index (χ4v) is 0.492. The molecule has 0 amide bonds. The Morgan fingerprint density at radius 3 is 2.86 bits per heavy atom. The molecule has 1 heterocycles. The Hall–Kier alpha value is -0.380. The molecule has 1 aromatic heterocycles. The molecule has 0 bridgehead atoms. The molecule has 0 saturated heterocycles. The van der Waals surface area contributed by atoms with Crippen molar-refractivity contribution in [3.63, 3.8) is 0 Å². The van der Waals surface area contributed by atoms with Gasteiger partial charge in [0, 0.05) is 15.9 Å². The van der Waals surface area contributed by atoms with E-state index in [-0.39, 0.29) is 0 Å². The highest BCUT2D eigenvalue weighted by molar-refractivity contribution is 9.10. The van der Waals surface area contributed by atoms with Crippen molar-refractivity contribution in [3.8, 4) is 0 Å². The van der Waals surface area contributed by atoms with E-state index < -0.39 is 0 Å². The van der Waals surface area contributed by atoms with Crippen molar-refractivity contribution in [1.29, 1.82) is 0 Å². The molecule has 38 valence electrons. The summed E-state index contributed by atoms with van der Waals surface area (Å²) >= 11 is 3.23. The number of hydrogen-bond acceptors (Lipinski definition) is 1. The fourth-order valence-electron chi connectivity index (χ4n) is 0.310. The molecule has 3 nitrogen and oxygen atoms in total. The highest BCUT2D eigenvalue weighted by Gasteiger charge is 1.97. The van der Waals surface area contributed by atoms with Crippen molar-refractivity contribution < 1.29 is 4.68 Å². The molecule has 0 atom stereocenters. The monoisotopic (exact) mass is 162 g/mol. The lowest BCUT2D eigenvalue weighted by Gasteiger charge is -1.71.